The molecule has 2 aromatic rings. The molecule has 1 aliphatic rings. The fourth-order valence-electron chi connectivity index (χ4n) is 2.08. The fourth-order valence-corrected chi connectivity index (χ4v) is 2.08. The van der Waals surface area contributed by atoms with Gasteiger partial charge >= 0.3 is 0 Å². The highest BCUT2D eigenvalue weighted by Crippen LogP contribution is 2.40. The Morgan fingerprint density at radius 1 is 0.875 bits per heavy atom. The largest absolute Gasteiger partial charge is 0.399 e. The zero-order valence-corrected chi connectivity index (χ0v) is 9.19. The van der Waals surface area contributed by atoms with Crippen LogP contribution in [0, 0.1) is 0 Å². The Hall–Kier alpha value is -1.76. The van der Waals surface area contributed by atoms with Crippen molar-refractivity contribution in [3.8, 4) is 11.1 Å². The summed E-state index contributed by atoms with van der Waals surface area (Å²) in [5.74, 6) is 0.829. The number of nitrogen functional groups attached to an aromatic ring is 1. The minimum Gasteiger partial charge on any atom is -0.399 e. The van der Waals surface area contributed by atoms with E-state index in [-0.39, 0.29) is 0 Å². The van der Waals surface area contributed by atoms with Crippen molar-refractivity contribution in [2.24, 2.45) is 0 Å². The maximum atomic E-state index is 5.78. The summed E-state index contributed by atoms with van der Waals surface area (Å²) in [6.45, 7) is 0. The van der Waals surface area contributed by atoms with Crippen LogP contribution in [-0.2, 0) is 0 Å². The summed E-state index contributed by atoms with van der Waals surface area (Å²) in [6.07, 6.45) is 2.72. The first kappa shape index (κ1) is 9.46. The van der Waals surface area contributed by atoms with Gasteiger partial charge in [0.2, 0.25) is 0 Å². The zero-order valence-electron chi connectivity index (χ0n) is 9.19. The van der Waals surface area contributed by atoms with Gasteiger partial charge in [-0.1, -0.05) is 36.4 Å². The van der Waals surface area contributed by atoms with Crippen LogP contribution < -0.4 is 5.73 Å². The minimum absolute atomic E-state index is 0.823. The predicted molar refractivity (Wildman–Crippen MR) is 68.3 cm³/mol. The Balaban J connectivity index is 1.94. The molecule has 2 N–H and O–H groups in total. The van der Waals surface area contributed by atoms with Gasteiger partial charge in [-0.05, 0) is 47.6 Å². The summed E-state index contributed by atoms with van der Waals surface area (Å²) in [5, 5.41) is 0. The van der Waals surface area contributed by atoms with Gasteiger partial charge in [0.25, 0.3) is 0 Å². The van der Waals surface area contributed by atoms with E-state index in [1.165, 1.54) is 29.5 Å². The highest BCUT2D eigenvalue weighted by atomic mass is 14.5. The first-order chi connectivity index (χ1) is 7.83. The number of hydrogen-bond donors (Lipinski definition) is 1. The number of hydrogen-bond acceptors (Lipinski definition) is 1. The van der Waals surface area contributed by atoms with Gasteiger partial charge in [0.1, 0.15) is 0 Å². The second-order valence-electron chi connectivity index (χ2n) is 4.52. The fraction of sp³-hybridized carbons (Fsp3) is 0.200. The molecule has 0 aliphatic heterocycles. The Morgan fingerprint density at radius 2 is 1.62 bits per heavy atom. The lowest BCUT2D eigenvalue weighted by Gasteiger charge is -2.04. The van der Waals surface area contributed by atoms with Crippen LogP contribution >= 0.6 is 0 Å². The van der Waals surface area contributed by atoms with Gasteiger partial charge < -0.3 is 5.73 Å². The average molecular weight is 209 g/mol. The molecule has 0 atom stereocenters. The van der Waals surface area contributed by atoms with Gasteiger partial charge in [-0.3, -0.25) is 0 Å². The number of anilines is 1. The van der Waals surface area contributed by atoms with E-state index in [9.17, 15) is 0 Å². The molecule has 0 heterocycles. The summed E-state index contributed by atoms with van der Waals surface area (Å²) >= 11 is 0. The normalized spacial score (nSPS) is 15.0. The predicted octanol–water partition coefficient (Wildman–Crippen LogP) is 3.81. The molecule has 1 nitrogen and oxygen atoms in total. The van der Waals surface area contributed by atoms with E-state index in [0.29, 0.717) is 0 Å². The van der Waals surface area contributed by atoms with E-state index < -0.39 is 0 Å². The van der Waals surface area contributed by atoms with Crippen LogP contribution in [0.4, 0.5) is 5.69 Å². The summed E-state index contributed by atoms with van der Waals surface area (Å²) in [4.78, 5) is 0. The Bertz CT molecular complexity index is 495. The van der Waals surface area contributed by atoms with E-state index in [1.807, 2.05) is 18.2 Å². The number of rotatable bonds is 2. The van der Waals surface area contributed by atoms with Crippen LogP contribution in [-0.4, -0.2) is 0 Å². The molecule has 1 saturated carbocycles. The van der Waals surface area contributed by atoms with Crippen LogP contribution in [0.3, 0.4) is 0 Å². The molecule has 80 valence electrons. The molecule has 16 heavy (non-hydrogen) atoms. The Labute approximate surface area is 95.9 Å². The van der Waals surface area contributed by atoms with E-state index in [2.05, 4.69) is 30.3 Å². The third-order valence-corrected chi connectivity index (χ3v) is 3.18. The molecule has 0 amide bonds. The Kier molecular flexibility index (Phi) is 2.17. The molecule has 1 heteroatoms. The molecule has 0 saturated heterocycles. The molecule has 0 radical (unpaired) electrons. The van der Waals surface area contributed by atoms with Crippen molar-refractivity contribution in [3.63, 3.8) is 0 Å². The van der Waals surface area contributed by atoms with Gasteiger partial charge in [-0.15, -0.1) is 0 Å². The van der Waals surface area contributed by atoms with Crippen molar-refractivity contribution in [2.75, 3.05) is 5.73 Å². The third-order valence-electron chi connectivity index (χ3n) is 3.18. The van der Waals surface area contributed by atoms with E-state index in [0.717, 1.165) is 11.6 Å². The topological polar surface area (TPSA) is 26.0 Å². The summed E-state index contributed by atoms with van der Waals surface area (Å²) < 4.78 is 0. The second kappa shape index (κ2) is 3.67. The maximum Gasteiger partial charge on any atom is 0.0320 e. The molecule has 0 bridgehead atoms. The number of nitrogens with two attached hydrogens (primary N) is 1. The van der Waals surface area contributed by atoms with Gasteiger partial charge in [0.15, 0.2) is 0 Å². The highest BCUT2D eigenvalue weighted by molar-refractivity contribution is 5.67. The summed E-state index contributed by atoms with van der Waals surface area (Å²) in [5.41, 5.74) is 10.5. The maximum absolute atomic E-state index is 5.78. The van der Waals surface area contributed by atoms with Gasteiger partial charge in [-0.25, -0.2) is 0 Å². The molecular formula is C15H15N. The van der Waals surface area contributed by atoms with Crippen molar-refractivity contribution < 1.29 is 0 Å². The standard InChI is InChI=1S/C15H15N/c16-15-3-1-2-14(10-15)13-8-6-12(7-9-13)11-4-5-11/h1-3,6-11H,4-5,16H2. The van der Waals surface area contributed by atoms with Crippen molar-refractivity contribution in [1.82, 2.24) is 0 Å². The Morgan fingerprint density at radius 3 is 2.25 bits per heavy atom. The lowest BCUT2D eigenvalue weighted by molar-refractivity contribution is 1.13. The van der Waals surface area contributed by atoms with Gasteiger partial charge in [0, 0.05) is 5.69 Å². The third kappa shape index (κ3) is 1.81. The van der Waals surface area contributed by atoms with Crippen molar-refractivity contribution in [1.29, 1.82) is 0 Å². The molecule has 1 fully saturated rings. The minimum atomic E-state index is 0.823. The van der Waals surface area contributed by atoms with Crippen LogP contribution in [0.25, 0.3) is 11.1 Å². The van der Waals surface area contributed by atoms with Crippen LogP contribution in [0.2, 0.25) is 0 Å². The van der Waals surface area contributed by atoms with E-state index in [4.69, 9.17) is 5.73 Å². The van der Waals surface area contributed by atoms with Crippen LogP contribution in [0.1, 0.15) is 24.3 Å². The molecule has 0 unspecified atom stereocenters. The molecular weight excluding hydrogens is 194 g/mol. The van der Waals surface area contributed by atoms with Gasteiger partial charge in [-0.2, -0.15) is 0 Å². The lowest BCUT2D eigenvalue weighted by Crippen LogP contribution is -1.85. The highest BCUT2D eigenvalue weighted by Gasteiger charge is 2.22. The first-order valence-corrected chi connectivity index (χ1v) is 5.79. The SMILES string of the molecule is Nc1cccc(-c2ccc(C3CC3)cc2)c1. The van der Waals surface area contributed by atoms with E-state index >= 15 is 0 Å². The van der Waals surface area contributed by atoms with Crippen molar-refractivity contribution >= 4 is 5.69 Å². The molecule has 3 rings (SSSR count). The van der Waals surface area contributed by atoms with Crippen molar-refractivity contribution in [2.45, 2.75) is 18.8 Å². The monoisotopic (exact) mass is 209 g/mol. The number of benzene rings is 2. The molecule has 0 aromatic heterocycles. The molecule has 2 aromatic carbocycles. The van der Waals surface area contributed by atoms with Gasteiger partial charge in [0.05, 0.1) is 0 Å². The lowest BCUT2D eigenvalue weighted by atomic mass is 10.0. The smallest absolute Gasteiger partial charge is 0.0320 e. The summed E-state index contributed by atoms with van der Waals surface area (Å²) in [7, 11) is 0. The average Bonchev–Trinajstić information content (AvgIpc) is 3.13. The quantitative estimate of drug-likeness (QED) is 0.748. The van der Waals surface area contributed by atoms with Crippen molar-refractivity contribution in [3.05, 3.63) is 54.1 Å². The molecule has 1 aliphatic carbocycles. The summed E-state index contributed by atoms with van der Waals surface area (Å²) in [6, 6.07) is 16.9. The van der Waals surface area contributed by atoms with Crippen LogP contribution in [0.15, 0.2) is 48.5 Å². The van der Waals surface area contributed by atoms with E-state index in [1.54, 1.807) is 0 Å². The first-order valence-electron chi connectivity index (χ1n) is 5.79. The zero-order chi connectivity index (χ0) is 11.0. The van der Waals surface area contributed by atoms with Crippen LogP contribution in [0.5, 0.6) is 0 Å². The second-order valence-corrected chi connectivity index (χ2v) is 4.52. The molecule has 0 spiro atoms.